The zero-order valence-corrected chi connectivity index (χ0v) is 15.8. The lowest BCUT2D eigenvalue weighted by Crippen LogP contribution is -2.53. The zero-order chi connectivity index (χ0) is 18.2. The molecule has 6 heteroatoms. The molecule has 1 saturated heterocycles. The number of halogens is 2. The average Bonchev–Trinajstić information content (AvgIpc) is 2.48. The number of nitrogens with zero attached hydrogens (tertiary/aromatic N) is 1. The van der Waals surface area contributed by atoms with Crippen LogP contribution in [0, 0.1) is 11.2 Å². The summed E-state index contributed by atoms with van der Waals surface area (Å²) >= 11 is 5.94. The summed E-state index contributed by atoms with van der Waals surface area (Å²) in [6, 6.07) is 4.84. The summed E-state index contributed by atoms with van der Waals surface area (Å²) in [5.74, 6) is -0.273. The van der Waals surface area contributed by atoms with Gasteiger partial charge in [0.05, 0.1) is 5.69 Å². The van der Waals surface area contributed by atoms with Gasteiger partial charge in [-0.1, -0.05) is 11.6 Å². The SMILES string of the molecule is CC(C)(C)OC(=O)N1CCC2(CC1)CC(Nc1cc(Cl)ccc1F)C2. The van der Waals surface area contributed by atoms with E-state index in [1.54, 1.807) is 17.0 Å². The van der Waals surface area contributed by atoms with Crippen LogP contribution in [0.5, 0.6) is 0 Å². The van der Waals surface area contributed by atoms with Gasteiger partial charge in [-0.05, 0) is 70.1 Å². The Balaban J connectivity index is 1.48. The first kappa shape index (κ1) is 18.3. The molecule has 2 fully saturated rings. The molecule has 1 aromatic rings. The molecule has 0 atom stereocenters. The maximum Gasteiger partial charge on any atom is 0.410 e. The van der Waals surface area contributed by atoms with Gasteiger partial charge in [0.2, 0.25) is 0 Å². The van der Waals surface area contributed by atoms with Crippen LogP contribution in [-0.2, 0) is 4.74 Å². The lowest BCUT2D eigenvalue weighted by molar-refractivity contribution is -0.00863. The van der Waals surface area contributed by atoms with Gasteiger partial charge < -0.3 is 15.0 Å². The number of amides is 1. The molecule has 138 valence electrons. The molecule has 0 unspecified atom stereocenters. The number of carbonyl (C=O) groups is 1. The van der Waals surface area contributed by atoms with E-state index < -0.39 is 5.60 Å². The van der Waals surface area contributed by atoms with Gasteiger partial charge in [0.25, 0.3) is 0 Å². The highest BCUT2D eigenvalue weighted by molar-refractivity contribution is 6.30. The number of hydrogen-bond donors (Lipinski definition) is 1. The molecule has 1 aliphatic heterocycles. The van der Waals surface area contributed by atoms with Gasteiger partial charge in [-0.3, -0.25) is 0 Å². The maximum atomic E-state index is 13.8. The van der Waals surface area contributed by atoms with Crippen molar-refractivity contribution in [3.8, 4) is 0 Å². The second-order valence-electron chi connectivity index (χ2n) is 8.34. The fourth-order valence-electron chi connectivity index (χ4n) is 3.81. The van der Waals surface area contributed by atoms with Crippen LogP contribution in [0.25, 0.3) is 0 Å². The first-order valence-corrected chi connectivity index (χ1v) is 9.23. The molecular weight excluding hydrogens is 343 g/mol. The number of likely N-dealkylation sites (tertiary alicyclic amines) is 1. The molecule has 4 nitrogen and oxygen atoms in total. The molecule has 0 aromatic heterocycles. The van der Waals surface area contributed by atoms with Crippen LogP contribution in [0.1, 0.15) is 46.5 Å². The molecular formula is C19H26ClFN2O2. The van der Waals surface area contributed by atoms with E-state index in [1.165, 1.54) is 6.07 Å². The van der Waals surface area contributed by atoms with Crippen LogP contribution >= 0.6 is 11.6 Å². The fourth-order valence-corrected chi connectivity index (χ4v) is 3.99. The molecule has 1 spiro atoms. The Morgan fingerprint density at radius 1 is 1.32 bits per heavy atom. The van der Waals surface area contributed by atoms with Gasteiger partial charge >= 0.3 is 6.09 Å². The van der Waals surface area contributed by atoms with Crippen molar-refractivity contribution in [1.82, 2.24) is 4.90 Å². The summed E-state index contributed by atoms with van der Waals surface area (Å²) < 4.78 is 19.3. The van der Waals surface area contributed by atoms with E-state index >= 15 is 0 Å². The summed E-state index contributed by atoms with van der Waals surface area (Å²) in [6.07, 6.45) is 3.73. The van der Waals surface area contributed by atoms with Crippen molar-refractivity contribution in [3.05, 3.63) is 29.0 Å². The van der Waals surface area contributed by atoms with Gasteiger partial charge in [0, 0.05) is 24.2 Å². The highest BCUT2D eigenvalue weighted by Crippen LogP contribution is 2.50. The predicted molar refractivity (Wildman–Crippen MR) is 97.5 cm³/mol. The van der Waals surface area contributed by atoms with Gasteiger partial charge in [-0.15, -0.1) is 0 Å². The lowest BCUT2D eigenvalue weighted by Gasteiger charge is -2.52. The normalized spacial score (nSPS) is 20.3. The highest BCUT2D eigenvalue weighted by Gasteiger charge is 2.46. The summed E-state index contributed by atoms with van der Waals surface area (Å²) in [5, 5.41) is 3.79. The van der Waals surface area contributed by atoms with Crippen LogP contribution < -0.4 is 5.32 Å². The number of piperidine rings is 1. The number of nitrogens with one attached hydrogen (secondary N) is 1. The Kier molecular flexibility index (Phi) is 4.89. The van der Waals surface area contributed by atoms with Crippen LogP contribution in [0.15, 0.2) is 18.2 Å². The number of carbonyl (C=O) groups excluding carboxylic acids is 1. The van der Waals surface area contributed by atoms with Gasteiger partial charge in [0.1, 0.15) is 11.4 Å². The summed E-state index contributed by atoms with van der Waals surface area (Å²) in [6.45, 7) is 7.11. The smallest absolute Gasteiger partial charge is 0.410 e. The molecule has 1 N–H and O–H groups in total. The van der Waals surface area contributed by atoms with Crippen LogP contribution in [0.4, 0.5) is 14.9 Å². The number of hydrogen-bond acceptors (Lipinski definition) is 3. The first-order valence-electron chi connectivity index (χ1n) is 8.85. The zero-order valence-electron chi connectivity index (χ0n) is 15.1. The standard InChI is InChI=1S/C19H26ClFN2O2/c1-18(2,3)25-17(24)23-8-6-19(7-9-23)11-14(12-19)22-16-10-13(20)4-5-15(16)21/h4-5,10,14,22H,6-9,11-12H2,1-3H3. The second-order valence-corrected chi connectivity index (χ2v) is 8.78. The van der Waals surface area contributed by atoms with Gasteiger partial charge in [-0.25, -0.2) is 9.18 Å². The largest absolute Gasteiger partial charge is 0.444 e. The lowest BCUT2D eigenvalue weighted by atomic mass is 9.60. The third-order valence-corrected chi connectivity index (χ3v) is 5.36. The fraction of sp³-hybridized carbons (Fsp3) is 0.632. The molecule has 1 saturated carbocycles. The van der Waals surface area contributed by atoms with Gasteiger partial charge in [-0.2, -0.15) is 0 Å². The van der Waals surface area contributed by atoms with E-state index in [4.69, 9.17) is 16.3 Å². The van der Waals surface area contributed by atoms with E-state index in [0.717, 1.165) is 38.8 Å². The van der Waals surface area contributed by atoms with E-state index in [-0.39, 0.29) is 23.4 Å². The van der Waals surface area contributed by atoms with E-state index in [2.05, 4.69) is 5.32 Å². The number of ether oxygens (including phenoxy) is 1. The highest BCUT2D eigenvalue weighted by atomic mass is 35.5. The van der Waals surface area contributed by atoms with Crippen molar-refractivity contribution < 1.29 is 13.9 Å². The minimum absolute atomic E-state index is 0.225. The Morgan fingerprint density at radius 2 is 1.96 bits per heavy atom. The topological polar surface area (TPSA) is 41.6 Å². The quantitative estimate of drug-likeness (QED) is 0.792. The van der Waals surface area contributed by atoms with Crippen molar-refractivity contribution in [2.75, 3.05) is 18.4 Å². The van der Waals surface area contributed by atoms with E-state index in [0.29, 0.717) is 10.7 Å². The molecule has 1 aromatic carbocycles. The van der Waals surface area contributed by atoms with E-state index in [1.807, 2.05) is 20.8 Å². The average molecular weight is 369 g/mol. The van der Waals surface area contributed by atoms with Crippen molar-refractivity contribution in [2.24, 2.45) is 5.41 Å². The van der Waals surface area contributed by atoms with Crippen LogP contribution in [0.3, 0.4) is 0 Å². The molecule has 1 aliphatic carbocycles. The van der Waals surface area contributed by atoms with Crippen LogP contribution in [0.2, 0.25) is 5.02 Å². The van der Waals surface area contributed by atoms with Gasteiger partial charge in [0.15, 0.2) is 0 Å². The number of rotatable bonds is 2. The van der Waals surface area contributed by atoms with Crippen LogP contribution in [-0.4, -0.2) is 35.7 Å². The molecule has 0 radical (unpaired) electrons. The van der Waals surface area contributed by atoms with Crippen molar-refractivity contribution in [2.45, 2.75) is 58.1 Å². The minimum atomic E-state index is -0.460. The third kappa shape index (κ3) is 4.38. The summed E-state index contributed by atoms with van der Waals surface area (Å²) in [4.78, 5) is 13.9. The molecule has 2 aliphatic rings. The minimum Gasteiger partial charge on any atom is -0.444 e. The predicted octanol–water partition coefficient (Wildman–Crippen LogP) is 5.07. The molecule has 25 heavy (non-hydrogen) atoms. The summed E-state index contributed by atoms with van der Waals surface area (Å²) in [7, 11) is 0. The Morgan fingerprint density at radius 3 is 2.56 bits per heavy atom. The Bertz CT molecular complexity index is 643. The molecule has 0 bridgehead atoms. The number of anilines is 1. The second kappa shape index (κ2) is 6.67. The maximum absolute atomic E-state index is 13.8. The molecule has 3 rings (SSSR count). The Labute approximate surface area is 153 Å². The monoisotopic (exact) mass is 368 g/mol. The summed E-state index contributed by atoms with van der Waals surface area (Å²) in [5.41, 5.74) is 0.280. The van der Waals surface area contributed by atoms with Crippen molar-refractivity contribution >= 4 is 23.4 Å². The van der Waals surface area contributed by atoms with E-state index in [9.17, 15) is 9.18 Å². The molecule has 1 amide bonds. The Hall–Kier alpha value is -1.49. The first-order chi connectivity index (χ1) is 11.7. The van der Waals surface area contributed by atoms with Crippen molar-refractivity contribution in [1.29, 1.82) is 0 Å². The molecule has 1 heterocycles. The third-order valence-electron chi connectivity index (χ3n) is 5.12. The number of benzene rings is 1. The van der Waals surface area contributed by atoms with Crippen molar-refractivity contribution in [3.63, 3.8) is 0 Å².